The van der Waals surface area contributed by atoms with E-state index in [1.807, 2.05) is 0 Å². The Balaban J connectivity index is 2.94. The fourth-order valence-electron chi connectivity index (χ4n) is 1.26. The second-order valence-electron chi connectivity index (χ2n) is 3.32. The molecule has 1 aromatic carbocycles. The van der Waals surface area contributed by atoms with E-state index >= 15 is 0 Å². The van der Waals surface area contributed by atoms with E-state index < -0.39 is 12.6 Å². The molecule has 0 saturated carbocycles. The number of amides is 1. The molecule has 0 aliphatic rings. The SMILES string of the molecule is CC(=O)Nc1cc(Br)cc(CC(F)(F)F)c1. The van der Waals surface area contributed by atoms with E-state index in [0.717, 1.165) is 0 Å². The van der Waals surface area contributed by atoms with Crippen LogP contribution in [0.3, 0.4) is 0 Å². The van der Waals surface area contributed by atoms with Crippen LogP contribution in [0.1, 0.15) is 12.5 Å². The average Bonchev–Trinajstić information content (AvgIpc) is 1.96. The first-order valence-corrected chi connectivity index (χ1v) is 5.19. The van der Waals surface area contributed by atoms with Crippen LogP contribution >= 0.6 is 15.9 Å². The van der Waals surface area contributed by atoms with E-state index in [0.29, 0.717) is 10.2 Å². The topological polar surface area (TPSA) is 29.1 Å². The molecular formula is C10H9BrF3NO. The van der Waals surface area contributed by atoms with Gasteiger partial charge < -0.3 is 5.32 Å². The highest BCUT2D eigenvalue weighted by atomic mass is 79.9. The molecule has 1 amide bonds. The Bertz CT molecular complexity index is 404. The zero-order chi connectivity index (χ0) is 12.3. The van der Waals surface area contributed by atoms with E-state index in [1.54, 1.807) is 6.07 Å². The van der Waals surface area contributed by atoms with Gasteiger partial charge in [0.15, 0.2) is 0 Å². The molecule has 0 radical (unpaired) electrons. The molecule has 1 aromatic rings. The lowest BCUT2D eigenvalue weighted by atomic mass is 10.1. The number of hydrogen-bond acceptors (Lipinski definition) is 1. The quantitative estimate of drug-likeness (QED) is 0.889. The van der Waals surface area contributed by atoms with Crippen LogP contribution in [0.5, 0.6) is 0 Å². The summed E-state index contributed by atoms with van der Waals surface area (Å²) >= 11 is 3.09. The molecule has 1 N–H and O–H groups in total. The lowest BCUT2D eigenvalue weighted by Crippen LogP contribution is -2.12. The molecule has 0 saturated heterocycles. The lowest BCUT2D eigenvalue weighted by molar-refractivity contribution is -0.127. The van der Waals surface area contributed by atoms with Crippen molar-refractivity contribution >= 4 is 27.5 Å². The van der Waals surface area contributed by atoms with Crippen LogP contribution in [-0.2, 0) is 11.2 Å². The van der Waals surface area contributed by atoms with Crippen LogP contribution in [0.25, 0.3) is 0 Å². The first-order chi connectivity index (χ1) is 7.26. The normalized spacial score (nSPS) is 11.3. The Morgan fingerprint density at radius 2 is 2.00 bits per heavy atom. The number of rotatable bonds is 2. The summed E-state index contributed by atoms with van der Waals surface area (Å²) in [5.41, 5.74) is 0.451. The predicted molar refractivity (Wildman–Crippen MR) is 58.2 cm³/mol. The summed E-state index contributed by atoms with van der Waals surface area (Å²) < 4.78 is 37.0. The molecule has 0 fully saturated rings. The van der Waals surface area contributed by atoms with Crippen LogP contribution in [0.15, 0.2) is 22.7 Å². The van der Waals surface area contributed by atoms with Gasteiger partial charge in [0.2, 0.25) is 5.91 Å². The molecule has 0 atom stereocenters. The molecule has 6 heteroatoms. The highest BCUT2D eigenvalue weighted by Crippen LogP contribution is 2.26. The van der Waals surface area contributed by atoms with Crippen molar-refractivity contribution in [3.05, 3.63) is 28.2 Å². The Morgan fingerprint density at radius 1 is 1.38 bits per heavy atom. The van der Waals surface area contributed by atoms with Gasteiger partial charge in [0, 0.05) is 17.1 Å². The number of carbonyl (C=O) groups excluding carboxylic acids is 1. The number of benzene rings is 1. The van der Waals surface area contributed by atoms with E-state index in [-0.39, 0.29) is 11.5 Å². The molecule has 0 aromatic heterocycles. The van der Waals surface area contributed by atoms with Crippen molar-refractivity contribution in [2.24, 2.45) is 0 Å². The van der Waals surface area contributed by atoms with Gasteiger partial charge in [-0.15, -0.1) is 0 Å². The molecule has 16 heavy (non-hydrogen) atoms. The van der Waals surface area contributed by atoms with Gasteiger partial charge in [-0.2, -0.15) is 13.2 Å². The Kier molecular flexibility index (Phi) is 3.96. The fourth-order valence-corrected chi connectivity index (χ4v) is 1.80. The maximum atomic E-state index is 12.2. The minimum Gasteiger partial charge on any atom is -0.326 e. The fraction of sp³-hybridized carbons (Fsp3) is 0.300. The standard InChI is InChI=1S/C10H9BrF3NO/c1-6(16)15-9-3-7(2-8(11)4-9)5-10(12,13)14/h2-4H,5H2,1H3,(H,15,16). The van der Waals surface area contributed by atoms with Gasteiger partial charge in [-0.3, -0.25) is 4.79 Å². The Labute approximate surface area is 99.0 Å². The second kappa shape index (κ2) is 4.86. The summed E-state index contributed by atoms with van der Waals surface area (Å²) in [7, 11) is 0. The first kappa shape index (κ1) is 13.0. The van der Waals surface area contributed by atoms with Crippen LogP contribution in [0.2, 0.25) is 0 Å². The third-order valence-corrected chi connectivity index (χ3v) is 2.14. The van der Waals surface area contributed by atoms with E-state index in [1.165, 1.54) is 19.1 Å². The lowest BCUT2D eigenvalue weighted by Gasteiger charge is -2.09. The number of nitrogens with one attached hydrogen (secondary N) is 1. The maximum absolute atomic E-state index is 12.2. The van der Waals surface area contributed by atoms with Crippen molar-refractivity contribution in [1.82, 2.24) is 0 Å². The van der Waals surface area contributed by atoms with E-state index in [4.69, 9.17) is 0 Å². The second-order valence-corrected chi connectivity index (χ2v) is 4.24. The molecule has 0 bridgehead atoms. The molecule has 88 valence electrons. The summed E-state index contributed by atoms with van der Waals surface area (Å²) in [6.07, 6.45) is -5.27. The van der Waals surface area contributed by atoms with Crippen LogP contribution < -0.4 is 5.32 Å². The maximum Gasteiger partial charge on any atom is 0.393 e. The molecule has 0 heterocycles. The van der Waals surface area contributed by atoms with Crippen LogP contribution in [0.4, 0.5) is 18.9 Å². The van der Waals surface area contributed by atoms with Crippen molar-refractivity contribution < 1.29 is 18.0 Å². The Hall–Kier alpha value is -1.04. The van der Waals surface area contributed by atoms with Gasteiger partial charge in [-0.1, -0.05) is 15.9 Å². The summed E-state index contributed by atoms with van der Waals surface area (Å²) in [6.45, 7) is 1.30. The molecular weight excluding hydrogens is 287 g/mol. The highest BCUT2D eigenvalue weighted by molar-refractivity contribution is 9.10. The smallest absolute Gasteiger partial charge is 0.326 e. The number of alkyl halides is 3. The molecule has 2 nitrogen and oxygen atoms in total. The van der Waals surface area contributed by atoms with Crippen molar-refractivity contribution in [2.75, 3.05) is 5.32 Å². The van der Waals surface area contributed by atoms with Gasteiger partial charge in [-0.05, 0) is 23.8 Å². The monoisotopic (exact) mass is 295 g/mol. The summed E-state index contributed by atoms with van der Waals surface area (Å²) in [5, 5.41) is 2.44. The molecule has 1 rings (SSSR count). The summed E-state index contributed by atoms with van der Waals surface area (Å²) in [6, 6.07) is 4.22. The number of anilines is 1. The number of carbonyl (C=O) groups is 1. The minimum absolute atomic E-state index is 0.102. The van der Waals surface area contributed by atoms with Crippen LogP contribution in [-0.4, -0.2) is 12.1 Å². The summed E-state index contributed by atoms with van der Waals surface area (Å²) in [5.74, 6) is -0.323. The zero-order valence-electron chi connectivity index (χ0n) is 8.36. The predicted octanol–water partition coefficient (Wildman–Crippen LogP) is 3.51. The largest absolute Gasteiger partial charge is 0.393 e. The zero-order valence-corrected chi connectivity index (χ0v) is 9.95. The third-order valence-electron chi connectivity index (χ3n) is 1.68. The molecule has 0 spiro atoms. The summed E-state index contributed by atoms with van der Waals surface area (Å²) in [4.78, 5) is 10.8. The molecule has 0 aliphatic heterocycles. The highest BCUT2D eigenvalue weighted by Gasteiger charge is 2.27. The van der Waals surface area contributed by atoms with Crippen molar-refractivity contribution in [3.8, 4) is 0 Å². The number of halogens is 4. The van der Waals surface area contributed by atoms with E-state index in [2.05, 4.69) is 21.2 Å². The third kappa shape index (κ3) is 4.65. The number of hydrogen-bond donors (Lipinski definition) is 1. The van der Waals surface area contributed by atoms with Crippen LogP contribution in [0, 0.1) is 0 Å². The van der Waals surface area contributed by atoms with Crippen molar-refractivity contribution in [3.63, 3.8) is 0 Å². The molecule has 0 aliphatic carbocycles. The van der Waals surface area contributed by atoms with Crippen molar-refractivity contribution in [1.29, 1.82) is 0 Å². The average molecular weight is 296 g/mol. The molecule has 0 unspecified atom stereocenters. The van der Waals surface area contributed by atoms with Crippen molar-refractivity contribution in [2.45, 2.75) is 19.5 Å². The van der Waals surface area contributed by atoms with E-state index in [9.17, 15) is 18.0 Å². The van der Waals surface area contributed by atoms with Gasteiger partial charge in [0.1, 0.15) is 0 Å². The minimum atomic E-state index is -4.26. The Morgan fingerprint density at radius 3 is 2.50 bits per heavy atom. The van der Waals surface area contributed by atoms with Gasteiger partial charge in [-0.25, -0.2) is 0 Å². The van der Waals surface area contributed by atoms with Gasteiger partial charge in [0.25, 0.3) is 0 Å². The first-order valence-electron chi connectivity index (χ1n) is 4.40. The van der Waals surface area contributed by atoms with Gasteiger partial charge in [0.05, 0.1) is 6.42 Å². The van der Waals surface area contributed by atoms with Gasteiger partial charge >= 0.3 is 6.18 Å².